The normalized spacial score (nSPS) is 12.0. The number of nitrogens with one attached hydrogen (secondary N) is 1. The highest BCUT2D eigenvalue weighted by molar-refractivity contribution is 8.00. The lowest BCUT2D eigenvalue weighted by Gasteiger charge is -2.16. The third-order valence-electron chi connectivity index (χ3n) is 5.96. The van der Waals surface area contributed by atoms with Crippen molar-refractivity contribution in [3.05, 3.63) is 95.6 Å². The fourth-order valence-electron chi connectivity index (χ4n) is 4.06. The number of carbonyl (C=O) groups is 1. The van der Waals surface area contributed by atoms with E-state index in [9.17, 15) is 4.79 Å². The molecule has 0 aliphatic carbocycles. The molecule has 0 spiro atoms. The van der Waals surface area contributed by atoms with E-state index in [0.29, 0.717) is 29.4 Å². The van der Waals surface area contributed by atoms with Crippen molar-refractivity contribution >= 4 is 46.0 Å². The van der Waals surface area contributed by atoms with Crippen molar-refractivity contribution in [2.75, 3.05) is 5.32 Å². The average Bonchev–Trinajstić information content (AvgIpc) is 3.33. The Kier molecular flexibility index (Phi) is 7.53. The van der Waals surface area contributed by atoms with E-state index in [2.05, 4.69) is 12.2 Å². The lowest BCUT2D eigenvalue weighted by atomic mass is 10.2. The highest BCUT2D eigenvalue weighted by atomic mass is 35.5. The number of hydrogen-bond donors (Lipinski definition) is 1. The Morgan fingerprint density at radius 2 is 1.62 bits per heavy atom. The van der Waals surface area contributed by atoms with Gasteiger partial charge in [0.05, 0.1) is 22.0 Å². The van der Waals surface area contributed by atoms with Gasteiger partial charge in [-0.15, -0.1) is 0 Å². The van der Waals surface area contributed by atoms with Crippen LogP contribution in [0.2, 0.25) is 5.02 Å². The van der Waals surface area contributed by atoms with Crippen LogP contribution in [0.15, 0.2) is 90.0 Å². The molecule has 5 rings (SSSR count). The van der Waals surface area contributed by atoms with Crippen molar-refractivity contribution in [2.24, 2.45) is 0 Å². The minimum absolute atomic E-state index is 0.0867. The zero-order valence-corrected chi connectivity index (χ0v) is 22.1. The highest BCUT2D eigenvalue weighted by Gasteiger charge is 2.25. The van der Waals surface area contributed by atoms with E-state index in [1.807, 2.05) is 72.3 Å². The van der Waals surface area contributed by atoms with Crippen LogP contribution in [-0.2, 0) is 11.2 Å². The van der Waals surface area contributed by atoms with Crippen LogP contribution in [0.1, 0.15) is 26.0 Å². The first-order valence-electron chi connectivity index (χ1n) is 12.2. The minimum Gasteiger partial charge on any atom is -0.325 e. The number of thioether (sulfide) groups is 1. The number of carbonyl (C=O) groups excluding carboxylic acids is 1. The Morgan fingerprint density at radius 3 is 2.27 bits per heavy atom. The van der Waals surface area contributed by atoms with E-state index in [1.165, 1.54) is 11.8 Å². The molecule has 0 radical (unpaired) electrons. The van der Waals surface area contributed by atoms with Crippen molar-refractivity contribution in [3.8, 4) is 17.1 Å². The molecule has 3 aromatic carbocycles. The quantitative estimate of drug-likeness (QED) is 0.170. The summed E-state index contributed by atoms with van der Waals surface area (Å²) in [6.07, 6.45) is 1.34. The van der Waals surface area contributed by atoms with Gasteiger partial charge in [-0.3, -0.25) is 4.79 Å². The van der Waals surface area contributed by atoms with Crippen molar-refractivity contribution in [1.82, 2.24) is 19.7 Å². The van der Waals surface area contributed by atoms with Gasteiger partial charge in [0.25, 0.3) is 0 Å². The molecule has 0 saturated heterocycles. The molecule has 8 heteroatoms. The maximum atomic E-state index is 13.3. The van der Waals surface area contributed by atoms with E-state index in [0.717, 1.165) is 33.0 Å². The van der Waals surface area contributed by atoms with Gasteiger partial charge in [0, 0.05) is 16.3 Å². The number of aromatic nitrogens is 4. The number of amides is 1. The van der Waals surface area contributed by atoms with E-state index >= 15 is 0 Å². The highest BCUT2D eigenvalue weighted by Crippen LogP contribution is 2.35. The zero-order chi connectivity index (χ0) is 25.8. The molecule has 0 fully saturated rings. The fourth-order valence-corrected chi connectivity index (χ4v) is 5.26. The molecule has 0 unspecified atom stereocenters. The van der Waals surface area contributed by atoms with Crippen LogP contribution in [0.3, 0.4) is 0 Å². The van der Waals surface area contributed by atoms with Crippen molar-refractivity contribution in [1.29, 1.82) is 0 Å². The van der Waals surface area contributed by atoms with Gasteiger partial charge in [-0.25, -0.2) is 14.6 Å². The number of aryl methyl sites for hydroxylation is 1. The van der Waals surface area contributed by atoms with Crippen molar-refractivity contribution < 1.29 is 4.79 Å². The molecule has 37 heavy (non-hydrogen) atoms. The molecule has 1 atom stereocenters. The molecule has 6 nitrogen and oxygen atoms in total. The molecule has 2 heterocycles. The fraction of sp³-hybridized carbons (Fsp3) is 0.172. The Labute approximate surface area is 225 Å². The van der Waals surface area contributed by atoms with Crippen molar-refractivity contribution in [2.45, 2.75) is 37.0 Å². The molecule has 0 bridgehead atoms. The molecule has 0 aliphatic heterocycles. The summed E-state index contributed by atoms with van der Waals surface area (Å²) in [7, 11) is 0. The summed E-state index contributed by atoms with van der Waals surface area (Å²) in [6.45, 7) is 4.07. The van der Waals surface area contributed by atoms with E-state index in [-0.39, 0.29) is 11.2 Å². The minimum atomic E-state index is -0.359. The molecule has 186 valence electrons. The molecule has 5 aromatic rings. The number of para-hydroxylation sites is 1. The number of fused-ring (bicyclic) bond motifs is 1. The molecule has 1 amide bonds. The van der Waals surface area contributed by atoms with Crippen LogP contribution in [0.5, 0.6) is 0 Å². The summed E-state index contributed by atoms with van der Waals surface area (Å²) in [5.74, 6) is 0.514. The van der Waals surface area contributed by atoms with Crippen LogP contribution in [-0.4, -0.2) is 30.9 Å². The van der Waals surface area contributed by atoms with Gasteiger partial charge in [0.15, 0.2) is 11.5 Å². The van der Waals surface area contributed by atoms with E-state index < -0.39 is 0 Å². The third-order valence-corrected chi connectivity index (χ3v) is 7.57. The molecular weight excluding hydrogens is 502 g/mol. The lowest BCUT2D eigenvalue weighted by molar-refractivity contribution is -0.115. The summed E-state index contributed by atoms with van der Waals surface area (Å²) in [6, 6.07) is 27.0. The maximum Gasteiger partial charge on any atom is 0.237 e. The number of anilines is 1. The van der Waals surface area contributed by atoms with Gasteiger partial charge in [-0.1, -0.05) is 85.7 Å². The Balaban J connectivity index is 1.61. The lowest BCUT2D eigenvalue weighted by Crippen LogP contribution is -2.24. The first kappa shape index (κ1) is 25.0. The van der Waals surface area contributed by atoms with Gasteiger partial charge >= 0.3 is 0 Å². The molecular formula is C29H26ClN5OS. The Morgan fingerprint density at radius 1 is 0.946 bits per heavy atom. The summed E-state index contributed by atoms with van der Waals surface area (Å²) in [4.78, 5) is 23.2. The SMILES string of the molecule is CCc1nn(-c2ccccc2)c2nc(-c3ccccc3)nc(S[C@H](CC)C(=O)Nc3ccc(Cl)cc3)c12. The largest absolute Gasteiger partial charge is 0.325 e. The molecule has 2 aromatic heterocycles. The maximum absolute atomic E-state index is 13.3. The van der Waals surface area contributed by atoms with Gasteiger partial charge in [0.2, 0.25) is 5.91 Å². The number of halogens is 1. The number of nitrogens with zero attached hydrogens (tertiary/aromatic N) is 4. The molecule has 0 saturated carbocycles. The van der Waals surface area contributed by atoms with Gasteiger partial charge < -0.3 is 5.32 Å². The van der Waals surface area contributed by atoms with Crippen LogP contribution in [0.4, 0.5) is 5.69 Å². The number of hydrogen-bond acceptors (Lipinski definition) is 5. The predicted molar refractivity (Wildman–Crippen MR) is 151 cm³/mol. The third kappa shape index (κ3) is 5.38. The second-order valence-electron chi connectivity index (χ2n) is 8.48. The second kappa shape index (κ2) is 11.2. The standard InChI is InChI=1S/C29H26ClN5OS/c1-3-23-25-27(35(34-23)22-13-9-6-10-14-22)32-26(19-11-7-5-8-12-19)33-29(25)37-24(4-2)28(36)31-21-17-15-20(30)16-18-21/h5-18,24H,3-4H2,1-2H3,(H,31,36)/t24-/m1/s1. The first-order valence-corrected chi connectivity index (χ1v) is 13.5. The summed E-state index contributed by atoms with van der Waals surface area (Å²) >= 11 is 7.46. The van der Waals surface area contributed by atoms with Gasteiger partial charge in [-0.05, 0) is 49.2 Å². The Hall–Kier alpha value is -3.68. The van der Waals surface area contributed by atoms with Gasteiger partial charge in [0.1, 0.15) is 5.03 Å². The summed E-state index contributed by atoms with van der Waals surface area (Å²) in [5.41, 5.74) is 4.16. The average molecular weight is 528 g/mol. The second-order valence-corrected chi connectivity index (χ2v) is 10.1. The monoisotopic (exact) mass is 527 g/mol. The number of rotatable bonds is 8. The predicted octanol–water partition coefficient (Wildman–Crippen LogP) is 7.21. The van der Waals surface area contributed by atoms with E-state index in [1.54, 1.807) is 24.3 Å². The van der Waals surface area contributed by atoms with Crippen LogP contribution in [0.25, 0.3) is 28.1 Å². The smallest absolute Gasteiger partial charge is 0.237 e. The molecule has 0 aliphatic rings. The zero-order valence-electron chi connectivity index (χ0n) is 20.6. The first-order chi connectivity index (χ1) is 18.1. The van der Waals surface area contributed by atoms with Crippen LogP contribution < -0.4 is 5.32 Å². The number of benzene rings is 3. The van der Waals surface area contributed by atoms with Crippen molar-refractivity contribution in [3.63, 3.8) is 0 Å². The topological polar surface area (TPSA) is 72.7 Å². The molecule has 1 N–H and O–H groups in total. The summed E-state index contributed by atoms with van der Waals surface area (Å²) in [5, 5.41) is 9.83. The Bertz CT molecular complexity index is 1520. The summed E-state index contributed by atoms with van der Waals surface area (Å²) < 4.78 is 1.88. The van der Waals surface area contributed by atoms with Crippen LogP contribution >= 0.6 is 23.4 Å². The van der Waals surface area contributed by atoms with Crippen LogP contribution in [0, 0.1) is 0 Å². The van der Waals surface area contributed by atoms with E-state index in [4.69, 9.17) is 26.7 Å². The van der Waals surface area contributed by atoms with Gasteiger partial charge in [-0.2, -0.15) is 5.10 Å².